The van der Waals surface area contributed by atoms with Gasteiger partial charge in [0.05, 0.1) is 12.5 Å². The Hall–Kier alpha value is -2.62. The van der Waals surface area contributed by atoms with E-state index in [1.807, 2.05) is 4.98 Å². The number of fused-ring (bicyclic) bond motifs is 1. The molecule has 2 N–H and O–H groups in total. The number of halogens is 1. The minimum Gasteiger partial charge on any atom is -0.329 e. The molecule has 0 unspecified atom stereocenters. The third-order valence-electron chi connectivity index (χ3n) is 2.45. The van der Waals surface area contributed by atoms with Crippen LogP contribution in [0.2, 0.25) is 0 Å². The molecule has 3 heterocycles. The summed E-state index contributed by atoms with van der Waals surface area (Å²) in [5.41, 5.74) is -1.17. The summed E-state index contributed by atoms with van der Waals surface area (Å²) in [6, 6.07) is 0. The molecule has 19 heavy (non-hydrogen) atoms. The van der Waals surface area contributed by atoms with Gasteiger partial charge in [-0.05, 0) is 0 Å². The van der Waals surface area contributed by atoms with Crippen molar-refractivity contribution >= 4 is 23.4 Å². The summed E-state index contributed by atoms with van der Waals surface area (Å²) in [4.78, 5) is 35.0. The number of nitrogens with one attached hydrogen (secondary N) is 2. The van der Waals surface area contributed by atoms with E-state index in [9.17, 15) is 14.0 Å². The molecule has 0 saturated carbocycles. The molecule has 0 aromatic carbocycles. The summed E-state index contributed by atoms with van der Waals surface area (Å²) in [6.45, 7) is 0. The first-order valence-corrected chi connectivity index (χ1v) is 5.41. The van der Waals surface area contributed by atoms with Crippen molar-refractivity contribution in [3.05, 3.63) is 50.1 Å². The van der Waals surface area contributed by atoms with E-state index in [-0.39, 0.29) is 4.64 Å². The van der Waals surface area contributed by atoms with Crippen molar-refractivity contribution in [1.29, 1.82) is 0 Å². The Bertz CT molecular complexity index is 951. The molecule has 0 radical (unpaired) electrons. The maximum Gasteiger partial charge on any atom is 0.347 e. The van der Waals surface area contributed by atoms with Gasteiger partial charge in [-0.2, -0.15) is 9.07 Å². The topological polar surface area (TPSA) is 101 Å². The van der Waals surface area contributed by atoms with E-state index in [0.717, 1.165) is 10.9 Å². The molecule has 0 aliphatic heterocycles. The molecule has 0 amide bonds. The second kappa shape index (κ2) is 3.95. The summed E-state index contributed by atoms with van der Waals surface area (Å²) in [7, 11) is 0. The van der Waals surface area contributed by atoms with Crippen LogP contribution in [0.3, 0.4) is 0 Å². The molecule has 0 bridgehead atoms. The number of hydrogen-bond donors (Lipinski definition) is 2. The molecule has 96 valence electrons. The van der Waals surface area contributed by atoms with E-state index in [1.165, 1.54) is 17.3 Å². The SMILES string of the molecule is O=c1[nH]c(=O)n(-n2cnc3c(=S)nc[nH]c32)cc1F. The van der Waals surface area contributed by atoms with E-state index in [1.54, 1.807) is 0 Å². The summed E-state index contributed by atoms with van der Waals surface area (Å²) in [6.07, 6.45) is 3.35. The summed E-state index contributed by atoms with van der Waals surface area (Å²) in [5.74, 6) is -1.09. The van der Waals surface area contributed by atoms with Crippen LogP contribution in [0, 0.1) is 10.5 Å². The van der Waals surface area contributed by atoms with Gasteiger partial charge in [0, 0.05) is 0 Å². The first-order chi connectivity index (χ1) is 9.08. The van der Waals surface area contributed by atoms with E-state index in [2.05, 4.69) is 15.0 Å². The van der Waals surface area contributed by atoms with Gasteiger partial charge in [0.25, 0.3) is 5.56 Å². The minimum atomic E-state index is -1.09. The molecule has 0 aliphatic carbocycles. The van der Waals surface area contributed by atoms with Gasteiger partial charge in [0.2, 0.25) is 5.82 Å². The van der Waals surface area contributed by atoms with Crippen LogP contribution in [0.25, 0.3) is 11.2 Å². The highest BCUT2D eigenvalue weighted by Gasteiger charge is 2.10. The number of rotatable bonds is 1. The molecular formula is C9H5FN6O2S. The average Bonchev–Trinajstić information content (AvgIpc) is 2.79. The highest BCUT2D eigenvalue weighted by Crippen LogP contribution is 2.08. The number of imidazole rings is 1. The molecule has 0 saturated heterocycles. The minimum absolute atomic E-state index is 0.241. The summed E-state index contributed by atoms with van der Waals surface area (Å²) in [5, 5.41) is 0. The van der Waals surface area contributed by atoms with E-state index in [0.29, 0.717) is 11.2 Å². The van der Waals surface area contributed by atoms with Gasteiger partial charge in [-0.1, -0.05) is 12.2 Å². The fourth-order valence-corrected chi connectivity index (χ4v) is 1.81. The smallest absolute Gasteiger partial charge is 0.329 e. The van der Waals surface area contributed by atoms with Crippen LogP contribution in [-0.4, -0.2) is 29.3 Å². The van der Waals surface area contributed by atoms with Gasteiger partial charge in [0.15, 0.2) is 10.3 Å². The zero-order valence-corrected chi connectivity index (χ0v) is 9.94. The van der Waals surface area contributed by atoms with Crippen LogP contribution in [-0.2, 0) is 0 Å². The van der Waals surface area contributed by atoms with Crippen molar-refractivity contribution in [1.82, 2.24) is 29.3 Å². The van der Waals surface area contributed by atoms with Crippen LogP contribution in [0.15, 0.2) is 28.4 Å². The third-order valence-corrected chi connectivity index (χ3v) is 2.75. The third kappa shape index (κ3) is 1.69. The van der Waals surface area contributed by atoms with E-state index < -0.39 is 17.1 Å². The van der Waals surface area contributed by atoms with Crippen molar-refractivity contribution in [3.63, 3.8) is 0 Å². The molecule has 0 fully saturated rings. The fraction of sp³-hybridized carbons (Fsp3) is 0. The zero-order valence-electron chi connectivity index (χ0n) is 9.12. The molecule has 3 aromatic rings. The Labute approximate surface area is 108 Å². The Morgan fingerprint density at radius 3 is 2.84 bits per heavy atom. The Morgan fingerprint density at radius 1 is 1.26 bits per heavy atom. The second-order valence-electron chi connectivity index (χ2n) is 3.57. The lowest BCUT2D eigenvalue weighted by Crippen LogP contribution is -2.34. The first kappa shape index (κ1) is 11.5. The van der Waals surface area contributed by atoms with Crippen LogP contribution in [0.4, 0.5) is 4.39 Å². The molecule has 8 nitrogen and oxygen atoms in total. The molecule has 10 heteroatoms. The Balaban J connectivity index is 2.41. The summed E-state index contributed by atoms with van der Waals surface area (Å²) < 4.78 is 15.6. The standard InChI is InChI=1S/C9H5FN6O2S/c10-4-1-15(9(18)14-7(4)17)16-3-13-5-6(16)11-2-12-8(5)19/h1-3H,(H,11,12,19)(H,14,17,18). The number of H-pyrrole nitrogens is 2. The van der Waals surface area contributed by atoms with Gasteiger partial charge in [-0.3, -0.25) is 9.78 Å². The van der Waals surface area contributed by atoms with Crippen molar-refractivity contribution in [2.45, 2.75) is 0 Å². The first-order valence-electron chi connectivity index (χ1n) is 5.01. The predicted octanol–water partition coefficient (Wildman–Crippen LogP) is -0.211. The van der Waals surface area contributed by atoms with E-state index in [4.69, 9.17) is 12.2 Å². The quantitative estimate of drug-likeness (QED) is 0.601. The maximum absolute atomic E-state index is 13.3. The van der Waals surface area contributed by atoms with Crippen LogP contribution < -0.4 is 11.2 Å². The Morgan fingerprint density at radius 2 is 2.05 bits per heavy atom. The van der Waals surface area contributed by atoms with Gasteiger partial charge in [-0.15, -0.1) is 0 Å². The lowest BCUT2D eigenvalue weighted by Gasteiger charge is -2.06. The Kier molecular flexibility index (Phi) is 2.38. The normalized spacial score (nSPS) is 11.0. The number of nitrogens with zero attached hydrogens (tertiary/aromatic N) is 4. The van der Waals surface area contributed by atoms with Crippen LogP contribution >= 0.6 is 12.2 Å². The molecule has 0 atom stereocenters. The summed E-state index contributed by atoms with van der Waals surface area (Å²) >= 11 is 4.97. The van der Waals surface area contributed by atoms with Gasteiger partial charge < -0.3 is 4.98 Å². The van der Waals surface area contributed by atoms with Crippen molar-refractivity contribution in [3.8, 4) is 0 Å². The van der Waals surface area contributed by atoms with Crippen LogP contribution in [0.5, 0.6) is 0 Å². The molecule has 0 spiro atoms. The predicted molar refractivity (Wildman–Crippen MR) is 64.8 cm³/mol. The van der Waals surface area contributed by atoms with Crippen molar-refractivity contribution in [2.24, 2.45) is 0 Å². The van der Waals surface area contributed by atoms with Gasteiger partial charge in [-0.25, -0.2) is 19.4 Å². The number of aromatic amines is 2. The van der Waals surface area contributed by atoms with Crippen molar-refractivity contribution in [2.75, 3.05) is 0 Å². The number of hydrogen-bond acceptors (Lipinski definition) is 5. The van der Waals surface area contributed by atoms with E-state index >= 15 is 0 Å². The fourth-order valence-electron chi connectivity index (χ4n) is 1.61. The number of aromatic nitrogens is 6. The highest BCUT2D eigenvalue weighted by molar-refractivity contribution is 7.71. The maximum atomic E-state index is 13.3. The van der Waals surface area contributed by atoms with Gasteiger partial charge >= 0.3 is 5.69 Å². The van der Waals surface area contributed by atoms with Crippen LogP contribution in [0.1, 0.15) is 0 Å². The highest BCUT2D eigenvalue weighted by atomic mass is 32.1. The molecule has 3 rings (SSSR count). The molecule has 3 aromatic heterocycles. The second-order valence-corrected chi connectivity index (χ2v) is 3.96. The molecule has 0 aliphatic rings. The van der Waals surface area contributed by atoms with Gasteiger partial charge in [0.1, 0.15) is 11.8 Å². The lowest BCUT2D eigenvalue weighted by molar-refractivity contribution is 0.537. The average molecular weight is 280 g/mol. The largest absolute Gasteiger partial charge is 0.347 e. The van der Waals surface area contributed by atoms with Crippen molar-refractivity contribution < 1.29 is 4.39 Å². The molecular weight excluding hydrogens is 275 g/mol. The monoisotopic (exact) mass is 280 g/mol. The lowest BCUT2D eigenvalue weighted by atomic mass is 10.6. The zero-order chi connectivity index (χ0) is 13.6.